The number of anilines is 1. The Bertz CT molecular complexity index is 879. The smallest absolute Gasteiger partial charge is 0.279 e. The average molecular weight is 405 g/mol. The summed E-state index contributed by atoms with van der Waals surface area (Å²) >= 11 is 0. The second-order valence-electron chi connectivity index (χ2n) is 6.86. The molecule has 1 saturated heterocycles. The van der Waals surface area contributed by atoms with Crippen molar-refractivity contribution in [2.45, 2.75) is 11.4 Å². The lowest BCUT2D eigenvalue weighted by Crippen LogP contribution is -3.15. The maximum absolute atomic E-state index is 12.8. The maximum atomic E-state index is 12.8. The molecule has 0 spiro atoms. The quantitative estimate of drug-likeness (QED) is 0.699. The molecule has 0 radical (unpaired) electrons. The van der Waals surface area contributed by atoms with Gasteiger partial charge in [-0.3, -0.25) is 4.79 Å². The third kappa shape index (κ3) is 5.39. The van der Waals surface area contributed by atoms with Crippen molar-refractivity contribution in [3.8, 4) is 0 Å². The van der Waals surface area contributed by atoms with Crippen molar-refractivity contribution < 1.29 is 22.8 Å². The van der Waals surface area contributed by atoms with Crippen LogP contribution in [0, 0.1) is 0 Å². The van der Waals surface area contributed by atoms with E-state index in [2.05, 4.69) is 5.32 Å². The molecule has 1 fully saturated rings. The van der Waals surface area contributed by atoms with Crippen LogP contribution in [-0.2, 0) is 26.1 Å². The number of benzene rings is 2. The highest BCUT2D eigenvalue weighted by Crippen LogP contribution is 2.19. The molecule has 3 rings (SSSR count). The van der Waals surface area contributed by atoms with E-state index in [-0.39, 0.29) is 10.8 Å². The zero-order chi connectivity index (χ0) is 20.0. The monoisotopic (exact) mass is 404 g/mol. The largest absolute Gasteiger partial charge is 0.370 e. The van der Waals surface area contributed by atoms with Crippen molar-refractivity contribution in [1.82, 2.24) is 4.31 Å². The third-order valence-corrected chi connectivity index (χ3v) is 6.52. The van der Waals surface area contributed by atoms with Crippen molar-refractivity contribution in [2.24, 2.45) is 0 Å². The van der Waals surface area contributed by atoms with Gasteiger partial charge in [-0.25, -0.2) is 8.42 Å². The summed E-state index contributed by atoms with van der Waals surface area (Å²) in [7, 11) is -2.04. The highest BCUT2D eigenvalue weighted by atomic mass is 32.2. The predicted octanol–water partition coefficient (Wildman–Crippen LogP) is 0.361. The van der Waals surface area contributed by atoms with E-state index < -0.39 is 10.0 Å². The number of nitrogens with one attached hydrogen (secondary N) is 2. The first-order chi connectivity index (χ1) is 13.4. The Balaban J connectivity index is 1.60. The molecule has 0 saturated carbocycles. The molecule has 2 aromatic carbocycles. The minimum absolute atomic E-state index is 0.0892. The van der Waals surface area contributed by atoms with Crippen molar-refractivity contribution in [3.05, 3.63) is 60.2 Å². The number of sulfonamides is 1. The fraction of sp³-hybridized carbons (Fsp3) is 0.350. The minimum atomic E-state index is -3.60. The average Bonchev–Trinajstić information content (AvgIpc) is 2.70. The van der Waals surface area contributed by atoms with E-state index in [1.54, 1.807) is 19.2 Å². The lowest BCUT2D eigenvalue weighted by Gasteiger charge is -2.23. The number of hydrogen-bond donors (Lipinski definition) is 2. The van der Waals surface area contributed by atoms with Gasteiger partial charge in [0.05, 0.1) is 18.1 Å². The van der Waals surface area contributed by atoms with Gasteiger partial charge in [0.1, 0.15) is 13.1 Å². The van der Waals surface area contributed by atoms with Crippen molar-refractivity contribution in [1.29, 1.82) is 0 Å². The molecule has 1 aliphatic rings. The molecule has 2 aromatic rings. The van der Waals surface area contributed by atoms with Crippen LogP contribution in [0.15, 0.2) is 59.5 Å². The van der Waals surface area contributed by atoms with Crippen LogP contribution in [0.1, 0.15) is 5.56 Å². The molecule has 1 heterocycles. The van der Waals surface area contributed by atoms with Crippen LogP contribution in [0.2, 0.25) is 0 Å². The summed E-state index contributed by atoms with van der Waals surface area (Å²) in [4.78, 5) is 13.6. The van der Waals surface area contributed by atoms with Crippen LogP contribution in [0.3, 0.4) is 0 Å². The summed E-state index contributed by atoms with van der Waals surface area (Å²) in [6, 6.07) is 15.7. The number of amides is 1. The Morgan fingerprint density at radius 3 is 2.36 bits per heavy atom. The molecule has 150 valence electrons. The number of carbonyl (C=O) groups is 1. The SMILES string of the molecule is CN(Cc1ccccc1)S(=O)(=O)c1ccc(NC(=O)C[NH+]2CCOCC2)cc1. The molecule has 0 aliphatic carbocycles. The van der Waals surface area contributed by atoms with E-state index in [0.29, 0.717) is 32.0 Å². The van der Waals surface area contributed by atoms with Gasteiger partial charge in [-0.1, -0.05) is 30.3 Å². The summed E-state index contributed by atoms with van der Waals surface area (Å²) in [5, 5.41) is 2.83. The predicted molar refractivity (Wildman–Crippen MR) is 107 cm³/mol. The van der Waals surface area contributed by atoms with Gasteiger partial charge >= 0.3 is 0 Å². The second-order valence-corrected chi connectivity index (χ2v) is 8.90. The van der Waals surface area contributed by atoms with E-state index >= 15 is 0 Å². The number of carbonyl (C=O) groups excluding carboxylic acids is 1. The molecule has 7 nitrogen and oxygen atoms in total. The molecule has 0 aromatic heterocycles. The third-order valence-electron chi connectivity index (χ3n) is 4.70. The molecule has 1 aliphatic heterocycles. The number of quaternary nitrogens is 1. The van der Waals surface area contributed by atoms with Crippen molar-refractivity contribution in [2.75, 3.05) is 45.2 Å². The van der Waals surface area contributed by atoms with Crippen LogP contribution in [0.5, 0.6) is 0 Å². The van der Waals surface area contributed by atoms with Gasteiger partial charge < -0.3 is 15.0 Å². The van der Waals surface area contributed by atoms with Gasteiger partial charge in [0.15, 0.2) is 6.54 Å². The van der Waals surface area contributed by atoms with Crippen LogP contribution < -0.4 is 10.2 Å². The second kappa shape index (κ2) is 9.29. The van der Waals surface area contributed by atoms with Crippen LogP contribution >= 0.6 is 0 Å². The number of nitrogens with zero attached hydrogens (tertiary/aromatic N) is 1. The van der Waals surface area contributed by atoms with Gasteiger partial charge in [0.25, 0.3) is 5.91 Å². The summed E-state index contributed by atoms with van der Waals surface area (Å²) in [6.45, 7) is 3.65. The normalized spacial score (nSPS) is 15.5. The van der Waals surface area contributed by atoms with Gasteiger partial charge in [-0.15, -0.1) is 0 Å². The molecule has 28 heavy (non-hydrogen) atoms. The molecule has 0 atom stereocenters. The van der Waals surface area contributed by atoms with Crippen LogP contribution in [0.25, 0.3) is 0 Å². The van der Waals surface area contributed by atoms with Gasteiger partial charge in [0.2, 0.25) is 10.0 Å². The van der Waals surface area contributed by atoms with E-state index in [1.165, 1.54) is 21.3 Å². The van der Waals surface area contributed by atoms with Crippen molar-refractivity contribution >= 4 is 21.6 Å². The van der Waals surface area contributed by atoms with Gasteiger partial charge in [0, 0.05) is 19.3 Å². The Hall–Kier alpha value is -2.26. The fourth-order valence-corrected chi connectivity index (χ4v) is 4.24. The fourth-order valence-electron chi connectivity index (χ4n) is 3.08. The van der Waals surface area contributed by atoms with E-state index in [0.717, 1.165) is 18.7 Å². The Kier molecular flexibility index (Phi) is 6.79. The highest BCUT2D eigenvalue weighted by molar-refractivity contribution is 7.89. The molecular formula is C20H26N3O4S+. The lowest BCUT2D eigenvalue weighted by molar-refractivity contribution is -0.899. The van der Waals surface area contributed by atoms with E-state index in [1.807, 2.05) is 30.3 Å². The molecule has 2 N–H and O–H groups in total. The Morgan fingerprint density at radius 2 is 1.71 bits per heavy atom. The van der Waals surface area contributed by atoms with Gasteiger partial charge in [-0.05, 0) is 29.8 Å². The highest BCUT2D eigenvalue weighted by Gasteiger charge is 2.21. The standard InChI is InChI=1S/C20H25N3O4S/c1-22(15-17-5-3-2-4-6-17)28(25,26)19-9-7-18(8-10-19)21-20(24)16-23-11-13-27-14-12-23/h2-10H,11-16H2,1H3,(H,21,24)/p+1. The molecule has 1 amide bonds. The van der Waals surface area contributed by atoms with Gasteiger partial charge in [-0.2, -0.15) is 4.31 Å². The zero-order valence-electron chi connectivity index (χ0n) is 15.9. The lowest BCUT2D eigenvalue weighted by atomic mass is 10.2. The summed E-state index contributed by atoms with van der Waals surface area (Å²) in [5.74, 6) is -0.0892. The molecular weight excluding hydrogens is 378 g/mol. The minimum Gasteiger partial charge on any atom is -0.370 e. The van der Waals surface area contributed by atoms with Crippen molar-refractivity contribution in [3.63, 3.8) is 0 Å². The Labute approximate surface area is 166 Å². The summed E-state index contributed by atoms with van der Waals surface area (Å²) in [5.41, 5.74) is 1.50. The first-order valence-corrected chi connectivity index (χ1v) is 10.7. The first-order valence-electron chi connectivity index (χ1n) is 9.26. The number of rotatable bonds is 7. The first kappa shape index (κ1) is 20.5. The summed E-state index contributed by atoms with van der Waals surface area (Å²) < 4.78 is 32.1. The van der Waals surface area contributed by atoms with E-state index in [4.69, 9.17) is 4.74 Å². The molecule has 8 heteroatoms. The topological polar surface area (TPSA) is 80.2 Å². The van der Waals surface area contributed by atoms with Crippen LogP contribution in [0.4, 0.5) is 5.69 Å². The van der Waals surface area contributed by atoms with E-state index in [9.17, 15) is 13.2 Å². The Morgan fingerprint density at radius 1 is 1.07 bits per heavy atom. The van der Waals surface area contributed by atoms with Crippen LogP contribution in [-0.4, -0.2) is 58.5 Å². The number of ether oxygens (including phenoxy) is 1. The molecule has 0 bridgehead atoms. The zero-order valence-corrected chi connectivity index (χ0v) is 16.7. The number of morpholine rings is 1. The number of hydrogen-bond acceptors (Lipinski definition) is 4. The summed E-state index contributed by atoms with van der Waals surface area (Å²) in [6.07, 6.45) is 0. The maximum Gasteiger partial charge on any atom is 0.279 e. The molecule has 0 unspecified atom stereocenters.